The number of unbranched alkanes of at least 4 members (excludes halogenated alkanes) is 10. The number of allylic oxidation sites excluding steroid dienone is 16. The lowest BCUT2D eigenvalue weighted by Crippen LogP contribution is -2.40. The highest BCUT2D eigenvalue weighted by Gasteiger charge is 2.19. The number of rotatable bonds is 40. The van der Waals surface area contributed by atoms with Crippen LogP contribution in [0.4, 0.5) is 0 Å². The van der Waals surface area contributed by atoms with Gasteiger partial charge >= 0.3 is 11.9 Å². The van der Waals surface area contributed by atoms with Crippen molar-refractivity contribution in [3.63, 3.8) is 0 Å². The molecule has 0 bridgehead atoms. The maximum absolute atomic E-state index is 12.8. The molecule has 0 saturated heterocycles. The number of aliphatic carboxylic acids is 1. The van der Waals surface area contributed by atoms with Gasteiger partial charge in [0.1, 0.15) is 12.1 Å². The monoisotopic (exact) mass is 805 g/mol. The molecule has 0 aliphatic carbocycles. The fraction of sp³-hybridized carbons (Fsp3) is 0.627. The van der Waals surface area contributed by atoms with Crippen molar-refractivity contribution < 1.29 is 24.2 Å². The average Bonchev–Trinajstić information content (AvgIpc) is 3.21. The normalized spacial score (nSPS) is 13.6. The smallest absolute Gasteiger partial charge is 0.326 e. The van der Waals surface area contributed by atoms with E-state index in [4.69, 9.17) is 10.5 Å². The van der Waals surface area contributed by atoms with Crippen molar-refractivity contribution in [1.82, 2.24) is 5.32 Å². The minimum atomic E-state index is -1.01. The fourth-order valence-electron chi connectivity index (χ4n) is 6.19. The number of nitrogens with one attached hydrogen (secondary N) is 1. The third-order valence-corrected chi connectivity index (χ3v) is 9.63. The lowest BCUT2D eigenvalue weighted by atomic mass is 10.0. The molecule has 58 heavy (non-hydrogen) atoms. The zero-order chi connectivity index (χ0) is 42.4. The van der Waals surface area contributed by atoms with E-state index in [-0.39, 0.29) is 18.0 Å². The SMILES string of the molecule is CC/C=C\C/C=C\C/C=C\C/C=C\C/C=C\C/C=C\CCCCC(=O)OC(CCC/C=C\C/C=C\CCCCC)CCCCCCCC(=O)NC(CCCN)C(=O)O. The zero-order valence-corrected chi connectivity index (χ0v) is 36.8. The molecule has 0 spiro atoms. The summed E-state index contributed by atoms with van der Waals surface area (Å²) in [5, 5.41) is 11.9. The Kier molecular flexibility index (Phi) is 41.6. The van der Waals surface area contributed by atoms with E-state index >= 15 is 0 Å². The van der Waals surface area contributed by atoms with Gasteiger partial charge in [0, 0.05) is 12.8 Å². The number of amides is 1. The van der Waals surface area contributed by atoms with Gasteiger partial charge in [-0.15, -0.1) is 0 Å². The second kappa shape index (κ2) is 44.4. The first-order valence-electron chi connectivity index (χ1n) is 23.1. The first kappa shape index (κ1) is 54.3. The highest BCUT2D eigenvalue weighted by molar-refractivity contribution is 5.83. The van der Waals surface area contributed by atoms with Crippen molar-refractivity contribution >= 4 is 17.8 Å². The quantitative estimate of drug-likeness (QED) is 0.0322. The summed E-state index contributed by atoms with van der Waals surface area (Å²) in [6.45, 7) is 4.79. The number of hydrogen-bond donors (Lipinski definition) is 3. The lowest BCUT2D eigenvalue weighted by Gasteiger charge is -2.18. The van der Waals surface area contributed by atoms with Gasteiger partial charge in [-0.1, -0.05) is 143 Å². The molecule has 2 atom stereocenters. The molecule has 2 unspecified atom stereocenters. The first-order valence-corrected chi connectivity index (χ1v) is 23.1. The summed E-state index contributed by atoms with van der Waals surface area (Å²) in [6.07, 6.45) is 60.2. The molecular weight excluding hydrogens is 721 g/mol. The number of carboxylic acids is 1. The predicted octanol–water partition coefficient (Wildman–Crippen LogP) is 13.4. The Bertz CT molecular complexity index is 1230. The van der Waals surface area contributed by atoms with Gasteiger partial charge < -0.3 is 20.9 Å². The third-order valence-electron chi connectivity index (χ3n) is 9.63. The summed E-state index contributed by atoms with van der Waals surface area (Å²) in [5.74, 6) is -1.32. The van der Waals surface area contributed by atoms with Crippen molar-refractivity contribution in [2.75, 3.05) is 6.54 Å². The van der Waals surface area contributed by atoms with Crippen LogP contribution in [-0.4, -0.2) is 41.6 Å². The predicted molar refractivity (Wildman–Crippen MR) is 248 cm³/mol. The molecule has 0 rings (SSSR count). The Morgan fingerprint density at radius 1 is 0.517 bits per heavy atom. The van der Waals surface area contributed by atoms with Crippen LogP contribution in [0.5, 0.6) is 0 Å². The number of esters is 1. The van der Waals surface area contributed by atoms with Crippen molar-refractivity contribution in [2.45, 2.75) is 199 Å². The van der Waals surface area contributed by atoms with E-state index in [2.05, 4.69) is 116 Å². The molecule has 0 heterocycles. The average molecular weight is 805 g/mol. The van der Waals surface area contributed by atoms with Gasteiger partial charge in [0.05, 0.1) is 0 Å². The topological polar surface area (TPSA) is 119 Å². The number of carbonyl (C=O) groups is 3. The molecule has 7 heteroatoms. The Labute approximate surface area is 355 Å². The van der Waals surface area contributed by atoms with Gasteiger partial charge in [-0.3, -0.25) is 9.59 Å². The van der Waals surface area contributed by atoms with Crippen LogP contribution in [0.2, 0.25) is 0 Å². The number of carbonyl (C=O) groups excluding carboxylic acids is 2. The molecular formula is C51H84N2O5. The summed E-state index contributed by atoms with van der Waals surface area (Å²) < 4.78 is 6.01. The molecule has 0 aliphatic rings. The number of ether oxygens (including phenoxy) is 1. The maximum atomic E-state index is 12.8. The minimum Gasteiger partial charge on any atom is -0.480 e. The minimum absolute atomic E-state index is 0.0602. The summed E-state index contributed by atoms with van der Waals surface area (Å²) in [6, 6.07) is -0.870. The molecule has 7 nitrogen and oxygen atoms in total. The molecule has 0 aromatic rings. The Morgan fingerprint density at radius 3 is 1.48 bits per heavy atom. The maximum Gasteiger partial charge on any atom is 0.326 e. The van der Waals surface area contributed by atoms with Crippen LogP contribution in [0.15, 0.2) is 97.2 Å². The largest absolute Gasteiger partial charge is 0.480 e. The molecule has 328 valence electrons. The zero-order valence-electron chi connectivity index (χ0n) is 36.8. The van der Waals surface area contributed by atoms with Gasteiger partial charge in [-0.05, 0) is 135 Å². The van der Waals surface area contributed by atoms with Gasteiger partial charge in [-0.25, -0.2) is 4.79 Å². The van der Waals surface area contributed by atoms with Gasteiger partial charge in [0.2, 0.25) is 5.91 Å². The van der Waals surface area contributed by atoms with E-state index in [1.807, 2.05) is 0 Å². The van der Waals surface area contributed by atoms with Crippen molar-refractivity contribution in [1.29, 1.82) is 0 Å². The van der Waals surface area contributed by atoms with Crippen LogP contribution in [-0.2, 0) is 19.1 Å². The van der Waals surface area contributed by atoms with Crippen molar-refractivity contribution in [2.24, 2.45) is 5.73 Å². The molecule has 0 fully saturated rings. The van der Waals surface area contributed by atoms with Crippen molar-refractivity contribution in [3.8, 4) is 0 Å². The highest BCUT2D eigenvalue weighted by Crippen LogP contribution is 2.17. The van der Waals surface area contributed by atoms with Crippen LogP contribution in [0.3, 0.4) is 0 Å². The Balaban J connectivity index is 4.43. The van der Waals surface area contributed by atoms with E-state index in [0.29, 0.717) is 32.2 Å². The summed E-state index contributed by atoms with van der Waals surface area (Å²) in [7, 11) is 0. The first-order chi connectivity index (χ1) is 28.4. The van der Waals surface area contributed by atoms with Crippen LogP contribution < -0.4 is 11.1 Å². The molecule has 0 aromatic carbocycles. The number of carboxylic acid groups (broad SMARTS) is 1. The van der Waals surface area contributed by atoms with Crippen LogP contribution in [0.1, 0.15) is 187 Å². The Morgan fingerprint density at radius 2 is 0.966 bits per heavy atom. The highest BCUT2D eigenvalue weighted by atomic mass is 16.5. The van der Waals surface area contributed by atoms with E-state index in [9.17, 15) is 19.5 Å². The van der Waals surface area contributed by atoms with E-state index in [0.717, 1.165) is 128 Å². The standard InChI is InChI=1S/C51H84N2O5/c1-3-5-7-9-11-13-15-16-17-18-19-20-21-22-23-24-26-28-30-35-39-45-50(55)58-47(41-36-32-29-27-25-14-12-10-8-6-4-2)42-37-33-31-34-38-44-49(54)53-48(51(56)57)43-40-46-52/h5,7,11-14,16-17,19-20,22-23,26-29,47-48H,3-4,6,8-10,15,18,21,24-25,30-46,52H2,1-2H3,(H,53,54)(H,56,57)/b7-5-,13-11-,14-12-,17-16-,20-19-,23-22-,28-26-,29-27-. The third kappa shape index (κ3) is 40.5. The summed E-state index contributed by atoms with van der Waals surface area (Å²) >= 11 is 0. The van der Waals surface area contributed by atoms with Gasteiger partial charge in [-0.2, -0.15) is 0 Å². The molecule has 4 N–H and O–H groups in total. The second-order valence-corrected chi connectivity index (χ2v) is 15.1. The van der Waals surface area contributed by atoms with Crippen LogP contribution in [0.25, 0.3) is 0 Å². The summed E-state index contributed by atoms with van der Waals surface area (Å²) in [5.41, 5.74) is 5.49. The number of hydrogen-bond acceptors (Lipinski definition) is 5. The molecule has 0 radical (unpaired) electrons. The van der Waals surface area contributed by atoms with Crippen molar-refractivity contribution in [3.05, 3.63) is 97.2 Å². The Hall–Kier alpha value is -3.71. The molecule has 0 aliphatic heterocycles. The van der Waals surface area contributed by atoms with Crippen LogP contribution in [0, 0.1) is 0 Å². The molecule has 0 saturated carbocycles. The van der Waals surface area contributed by atoms with E-state index in [1.54, 1.807) is 0 Å². The van der Waals surface area contributed by atoms with Crippen LogP contribution >= 0.6 is 0 Å². The lowest BCUT2D eigenvalue weighted by molar-refractivity contribution is -0.150. The summed E-state index contributed by atoms with van der Waals surface area (Å²) in [4.78, 5) is 36.4. The number of nitrogens with two attached hydrogens (primary N) is 1. The fourth-order valence-corrected chi connectivity index (χ4v) is 6.19. The molecule has 0 aromatic heterocycles. The van der Waals surface area contributed by atoms with E-state index in [1.165, 1.54) is 19.3 Å². The molecule has 1 amide bonds. The second-order valence-electron chi connectivity index (χ2n) is 15.1. The van der Waals surface area contributed by atoms with E-state index < -0.39 is 12.0 Å². The van der Waals surface area contributed by atoms with Gasteiger partial charge in [0.25, 0.3) is 0 Å². The van der Waals surface area contributed by atoms with Gasteiger partial charge in [0.15, 0.2) is 0 Å².